The van der Waals surface area contributed by atoms with Crippen LogP contribution in [-0.4, -0.2) is 26.7 Å². The van der Waals surface area contributed by atoms with Crippen molar-refractivity contribution in [1.29, 1.82) is 0 Å². The Morgan fingerprint density at radius 3 is 2.87 bits per heavy atom. The maximum atomic E-state index is 4.91. The zero-order chi connectivity index (χ0) is 10.5. The molecular formula is C11H16INS2. The van der Waals surface area contributed by atoms with Crippen molar-refractivity contribution in [3.63, 3.8) is 0 Å². The van der Waals surface area contributed by atoms with Gasteiger partial charge in [-0.3, -0.25) is 0 Å². The van der Waals surface area contributed by atoms with E-state index in [1.807, 2.05) is 11.3 Å². The average Bonchev–Trinajstić information content (AvgIpc) is 2.72. The Hall–Kier alpha value is 0.710. The summed E-state index contributed by atoms with van der Waals surface area (Å²) < 4.78 is 0.892. The summed E-state index contributed by atoms with van der Waals surface area (Å²) in [5, 5.41) is 5.24. The van der Waals surface area contributed by atoms with E-state index in [1.54, 1.807) is 0 Å². The molecule has 0 N–H and O–H groups in total. The first kappa shape index (κ1) is 10.8. The fourth-order valence-electron chi connectivity index (χ4n) is 2.17. The molecule has 1 saturated carbocycles. The van der Waals surface area contributed by atoms with E-state index in [4.69, 9.17) is 4.98 Å². The molecule has 0 aromatic carbocycles. The monoisotopic (exact) mass is 353 g/mol. The van der Waals surface area contributed by atoms with Gasteiger partial charge in [0.05, 0.1) is 10.0 Å². The van der Waals surface area contributed by atoms with E-state index in [2.05, 4.69) is 34.2 Å². The van der Waals surface area contributed by atoms with Crippen LogP contribution >= 0.6 is 44.0 Å². The van der Waals surface area contributed by atoms with Gasteiger partial charge < -0.3 is 0 Å². The van der Waals surface area contributed by atoms with Gasteiger partial charge in [-0.15, -0.1) is 11.3 Å². The van der Waals surface area contributed by atoms with Gasteiger partial charge >= 0.3 is 0 Å². The summed E-state index contributed by atoms with van der Waals surface area (Å²) in [6, 6.07) is 0. The number of alkyl halides is 1. The van der Waals surface area contributed by atoms with Crippen LogP contribution in [-0.2, 0) is 0 Å². The van der Waals surface area contributed by atoms with Gasteiger partial charge in [0, 0.05) is 15.2 Å². The van der Waals surface area contributed by atoms with Crippen LogP contribution in [0.5, 0.6) is 0 Å². The number of hydrogen-bond acceptors (Lipinski definition) is 2. The highest BCUT2D eigenvalue weighted by Crippen LogP contribution is 2.64. The van der Waals surface area contributed by atoms with Crippen molar-refractivity contribution in [1.82, 2.24) is 4.98 Å². The van der Waals surface area contributed by atoms with Crippen molar-refractivity contribution < 1.29 is 0 Å². The van der Waals surface area contributed by atoms with Gasteiger partial charge in [-0.25, -0.2) is 4.98 Å². The van der Waals surface area contributed by atoms with Gasteiger partial charge in [0.15, 0.2) is 0 Å². The summed E-state index contributed by atoms with van der Waals surface area (Å²) in [4.78, 5) is 4.91. The SMILES string of the molecule is CS1(c2csc(C3CCC(I)C3)n2)CC1. The van der Waals surface area contributed by atoms with Crippen LogP contribution in [0, 0.1) is 0 Å². The second-order valence-electron chi connectivity index (χ2n) is 4.81. The normalized spacial score (nSPS) is 35.3. The molecule has 2 unspecified atom stereocenters. The third kappa shape index (κ3) is 2.09. The van der Waals surface area contributed by atoms with Crippen LogP contribution in [0.2, 0.25) is 0 Å². The summed E-state index contributed by atoms with van der Waals surface area (Å²) in [7, 11) is -0.378. The molecule has 1 aromatic rings. The zero-order valence-corrected chi connectivity index (χ0v) is 12.7. The molecule has 0 bridgehead atoms. The summed E-state index contributed by atoms with van der Waals surface area (Å²) in [5.41, 5.74) is 0. The van der Waals surface area contributed by atoms with Crippen molar-refractivity contribution in [2.75, 3.05) is 17.8 Å². The summed E-state index contributed by atoms with van der Waals surface area (Å²) in [6.07, 6.45) is 6.55. The largest absolute Gasteiger partial charge is 0.236 e. The van der Waals surface area contributed by atoms with E-state index < -0.39 is 0 Å². The molecule has 2 aliphatic rings. The van der Waals surface area contributed by atoms with Gasteiger partial charge in [0.1, 0.15) is 0 Å². The predicted octanol–water partition coefficient (Wildman–Crippen LogP) is 4.02. The Balaban J connectivity index is 1.79. The minimum atomic E-state index is -0.378. The maximum absolute atomic E-state index is 4.91. The van der Waals surface area contributed by atoms with Crippen molar-refractivity contribution >= 4 is 44.0 Å². The fourth-order valence-corrected chi connectivity index (χ4v) is 6.84. The Bertz CT molecular complexity index is 372. The molecule has 2 atom stereocenters. The molecule has 2 heterocycles. The van der Waals surface area contributed by atoms with Crippen LogP contribution in [0.25, 0.3) is 0 Å². The summed E-state index contributed by atoms with van der Waals surface area (Å²) >= 11 is 4.51. The van der Waals surface area contributed by atoms with Crippen molar-refractivity contribution in [2.24, 2.45) is 0 Å². The summed E-state index contributed by atoms with van der Waals surface area (Å²) in [6.45, 7) is 0. The molecule has 0 radical (unpaired) electrons. The number of aromatic nitrogens is 1. The van der Waals surface area contributed by atoms with Gasteiger partial charge in [0.25, 0.3) is 0 Å². The molecule has 0 spiro atoms. The van der Waals surface area contributed by atoms with E-state index >= 15 is 0 Å². The van der Waals surface area contributed by atoms with Crippen LogP contribution in [0.3, 0.4) is 0 Å². The van der Waals surface area contributed by atoms with Crippen LogP contribution in [0.1, 0.15) is 30.2 Å². The van der Waals surface area contributed by atoms with Crippen molar-refractivity contribution in [2.45, 2.75) is 34.1 Å². The summed E-state index contributed by atoms with van der Waals surface area (Å²) in [5.74, 6) is 3.64. The van der Waals surface area contributed by atoms with Gasteiger partial charge in [-0.05, 0) is 37.0 Å². The van der Waals surface area contributed by atoms with Gasteiger partial charge in [0.2, 0.25) is 0 Å². The highest BCUT2D eigenvalue weighted by molar-refractivity contribution is 14.1. The fraction of sp³-hybridized carbons (Fsp3) is 0.727. The zero-order valence-electron chi connectivity index (χ0n) is 8.91. The van der Waals surface area contributed by atoms with E-state index in [1.165, 1.54) is 40.8 Å². The Morgan fingerprint density at radius 1 is 1.47 bits per heavy atom. The average molecular weight is 353 g/mol. The number of nitrogens with zero attached hydrogens (tertiary/aromatic N) is 1. The molecular weight excluding hydrogens is 337 g/mol. The quantitative estimate of drug-likeness (QED) is 0.445. The van der Waals surface area contributed by atoms with Crippen molar-refractivity contribution in [3.8, 4) is 0 Å². The number of rotatable bonds is 2. The number of thiazole rings is 1. The van der Waals surface area contributed by atoms with E-state index in [0.717, 1.165) is 9.84 Å². The Morgan fingerprint density at radius 2 is 2.27 bits per heavy atom. The molecule has 1 aromatic heterocycles. The van der Waals surface area contributed by atoms with Crippen LogP contribution in [0.15, 0.2) is 10.4 Å². The van der Waals surface area contributed by atoms with E-state index in [9.17, 15) is 0 Å². The van der Waals surface area contributed by atoms with E-state index in [0.29, 0.717) is 0 Å². The third-order valence-electron chi connectivity index (χ3n) is 3.54. The Kier molecular flexibility index (Phi) is 2.80. The molecule has 0 amide bonds. The highest BCUT2D eigenvalue weighted by atomic mass is 127. The first-order valence-corrected chi connectivity index (χ1v) is 10.0. The smallest absolute Gasteiger partial charge is 0.0969 e. The van der Waals surface area contributed by atoms with Crippen molar-refractivity contribution in [3.05, 3.63) is 10.4 Å². The topological polar surface area (TPSA) is 12.9 Å². The standard InChI is InChI=1S/C11H16INS2/c1-15(4-5-15)10-7-14-11(13-10)8-2-3-9(12)6-8/h7-9H,2-6H2,1H3. The minimum Gasteiger partial charge on any atom is -0.236 e. The molecule has 3 rings (SSSR count). The second kappa shape index (κ2) is 3.88. The lowest BCUT2D eigenvalue weighted by Crippen LogP contribution is -1.94. The van der Waals surface area contributed by atoms with Crippen LogP contribution < -0.4 is 0 Å². The van der Waals surface area contributed by atoms with Gasteiger partial charge in [-0.1, -0.05) is 22.6 Å². The molecule has 1 saturated heterocycles. The first-order chi connectivity index (χ1) is 7.17. The number of hydrogen-bond donors (Lipinski definition) is 0. The highest BCUT2D eigenvalue weighted by Gasteiger charge is 2.36. The third-order valence-corrected chi connectivity index (χ3v) is 8.68. The van der Waals surface area contributed by atoms with E-state index in [-0.39, 0.29) is 10.0 Å². The lowest BCUT2D eigenvalue weighted by atomic mass is 10.1. The maximum Gasteiger partial charge on any atom is 0.0969 e. The lowest BCUT2D eigenvalue weighted by molar-refractivity contribution is 0.713. The predicted molar refractivity (Wildman–Crippen MR) is 78.0 cm³/mol. The molecule has 84 valence electrons. The Labute approximate surface area is 111 Å². The molecule has 1 aliphatic heterocycles. The first-order valence-electron chi connectivity index (χ1n) is 5.51. The lowest BCUT2D eigenvalue weighted by Gasteiger charge is -2.09. The molecule has 15 heavy (non-hydrogen) atoms. The molecule has 4 heteroatoms. The molecule has 1 aliphatic carbocycles. The second-order valence-corrected chi connectivity index (χ2v) is 11.2. The number of halogens is 1. The van der Waals surface area contributed by atoms with Gasteiger partial charge in [-0.2, -0.15) is 10.0 Å². The minimum absolute atomic E-state index is 0.378. The molecule has 2 fully saturated rings. The molecule has 1 nitrogen and oxygen atoms in total. The van der Waals surface area contributed by atoms with Crippen LogP contribution in [0.4, 0.5) is 0 Å².